The largest absolute Gasteiger partial charge is 0.461 e. The molecule has 5 aliphatic rings. The number of amides is 1. The Morgan fingerprint density at radius 1 is 0.881 bits per heavy atom. The number of allylic oxidation sites excluding steroid dienone is 1. The van der Waals surface area contributed by atoms with Gasteiger partial charge in [0.1, 0.15) is 12.1 Å². The zero-order valence-electron chi connectivity index (χ0n) is 36.9. The van der Waals surface area contributed by atoms with Crippen LogP contribution in [-0.2, 0) is 20.8 Å². The van der Waals surface area contributed by atoms with Crippen LogP contribution in [0, 0.1) is 58.2 Å². The molecule has 9 unspecified atom stereocenters. The second kappa shape index (κ2) is 19.3. The fraction of sp³-hybridized carbons (Fsp3) is 0.654. The predicted octanol–water partition coefficient (Wildman–Crippen LogP) is 11.0. The summed E-state index contributed by atoms with van der Waals surface area (Å²) in [4.78, 5) is 27.9. The first-order valence-electron chi connectivity index (χ1n) is 23.5. The Kier molecular flexibility index (Phi) is 14.2. The van der Waals surface area contributed by atoms with E-state index < -0.39 is 12.1 Å². The lowest BCUT2D eigenvalue weighted by Crippen LogP contribution is -2.51. The van der Waals surface area contributed by atoms with E-state index in [-0.39, 0.29) is 17.5 Å². The number of ether oxygens (including phenoxy) is 2. The molecule has 7 rings (SSSR count). The molecule has 0 spiro atoms. The van der Waals surface area contributed by atoms with Crippen molar-refractivity contribution in [2.24, 2.45) is 52.1 Å². The fourth-order valence-electron chi connectivity index (χ4n) is 12.5. The number of para-hydroxylation sites is 1. The molecule has 7 heteroatoms. The van der Waals surface area contributed by atoms with Gasteiger partial charge >= 0.3 is 12.1 Å². The fourth-order valence-corrected chi connectivity index (χ4v) is 12.5. The van der Waals surface area contributed by atoms with Crippen molar-refractivity contribution in [2.45, 2.75) is 150 Å². The SMILES string of the molecule is CC(C)CCCC(C)C1CCC2C3CC=C4CC(OC(=O)C(N)CCCCNC(=O)OCCCN5Cc6ccccc6C#Cc6ccccc65)CCC4(C)C3CCC12C. The van der Waals surface area contributed by atoms with Gasteiger partial charge in [-0.05, 0) is 141 Å². The van der Waals surface area contributed by atoms with Gasteiger partial charge in [0.15, 0.2) is 0 Å². The summed E-state index contributed by atoms with van der Waals surface area (Å²) in [5, 5.41) is 2.86. The molecular weight excluding hydrogens is 731 g/mol. The number of unbranched alkanes of at least 4 members (excludes halogenated alkanes) is 1. The summed E-state index contributed by atoms with van der Waals surface area (Å²) in [5.74, 6) is 11.3. The molecule has 320 valence electrons. The number of nitrogens with zero attached hydrogens (tertiary/aromatic N) is 1. The number of anilines is 1. The van der Waals surface area contributed by atoms with Crippen LogP contribution in [0.2, 0.25) is 0 Å². The first-order chi connectivity index (χ1) is 28.5. The molecule has 0 radical (unpaired) electrons. The molecule has 1 aliphatic heterocycles. The molecule has 1 amide bonds. The minimum absolute atomic E-state index is 0.0830. The van der Waals surface area contributed by atoms with E-state index in [0.717, 1.165) is 97.5 Å². The van der Waals surface area contributed by atoms with E-state index in [2.05, 4.69) is 93.1 Å². The minimum atomic E-state index is -0.648. The monoisotopic (exact) mass is 804 g/mol. The normalized spacial score (nSPS) is 29.1. The van der Waals surface area contributed by atoms with Crippen LogP contribution in [0.3, 0.4) is 0 Å². The molecule has 3 saturated carbocycles. The highest BCUT2D eigenvalue weighted by atomic mass is 16.5. The molecule has 2 aromatic rings. The summed E-state index contributed by atoms with van der Waals surface area (Å²) in [6, 6.07) is 15.8. The average Bonchev–Trinajstić information content (AvgIpc) is 3.58. The Morgan fingerprint density at radius 2 is 1.66 bits per heavy atom. The van der Waals surface area contributed by atoms with E-state index in [4.69, 9.17) is 15.2 Å². The molecule has 3 N–H and O–H groups in total. The molecule has 7 nitrogen and oxygen atoms in total. The van der Waals surface area contributed by atoms with Crippen molar-refractivity contribution in [2.75, 3.05) is 24.6 Å². The van der Waals surface area contributed by atoms with E-state index in [1.54, 1.807) is 0 Å². The van der Waals surface area contributed by atoms with Gasteiger partial charge in [-0.25, -0.2) is 4.79 Å². The molecule has 3 fully saturated rings. The molecule has 0 bridgehead atoms. The highest BCUT2D eigenvalue weighted by molar-refractivity contribution is 5.75. The quantitative estimate of drug-likeness (QED) is 0.0760. The lowest BCUT2D eigenvalue weighted by Gasteiger charge is -2.58. The Morgan fingerprint density at radius 3 is 2.49 bits per heavy atom. The standard InChI is InChI=1S/C52H73N3O4/c1-36(2)14-12-15-37(3)44-25-26-45-43-24-23-41-34-42(27-29-51(41,4)46(43)28-30-52(44,45)5)59-49(56)47(53)19-10-11-31-54-50(57)58-33-13-32-55-35-40-18-7-6-16-38(40)21-22-39-17-8-9-20-48(39)55/h6-9,16-18,20,23,36-37,42-47H,10-15,19,24-35,53H2,1-5H3,(H,54,57). The van der Waals surface area contributed by atoms with Crippen molar-refractivity contribution in [3.05, 3.63) is 76.9 Å². The van der Waals surface area contributed by atoms with Gasteiger partial charge in [0.25, 0.3) is 0 Å². The number of benzene rings is 2. The number of esters is 1. The molecule has 1 heterocycles. The molecule has 59 heavy (non-hydrogen) atoms. The summed E-state index contributed by atoms with van der Waals surface area (Å²) in [5.41, 5.74) is 13.0. The maximum atomic E-state index is 13.2. The smallest absolute Gasteiger partial charge is 0.407 e. The zero-order chi connectivity index (χ0) is 41.6. The number of alkyl carbamates (subject to hydrolysis) is 1. The van der Waals surface area contributed by atoms with Crippen LogP contribution in [0.4, 0.5) is 10.5 Å². The summed E-state index contributed by atoms with van der Waals surface area (Å²) in [7, 11) is 0. The maximum Gasteiger partial charge on any atom is 0.407 e. The van der Waals surface area contributed by atoms with Gasteiger partial charge in [-0.15, -0.1) is 0 Å². The summed E-state index contributed by atoms with van der Waals surface area (Å²) < 4.78 is 11.6. The number of nitrogens with one attached hydrogen (secondary N) is 1. The van der Waals surface area contributed by atoms with Crippen molar-refractivity contribution in [3.8, 4) is 11.8 Å². The minimum Gasteiger partial charge on any atom is -0.461 e. The Balaban J connectivity index is 0.792. The predicted molar refractivity (Wildman–Crippen MR) is 239 cm³/mol. The molecule has 0 saturated heterocycles. The molecule has 9 atom stereocenters. The molecule has 0 aromatic heterocycles. The second-order valence-corrected chi connectivity index (χ2v) is 20.0. The highest BCUT2D eigenvalue weighted by Crippen LogP contribution is 2.67. The number of hydrogen-bond donors (Lipinski definition) is 2. The van der Waals surface area contributed by atoms with E-state index >= 15 is 0 Å². The number of fused-ring (bicyclic) bond motifs is 7. The third-order valence-corrected chi connectivity index (χ3v) is 15.8. The molecular formula is C52H73N3O4. The van der Waals surface area contributed by atoms with Gasteiger partial charge in [0, 0.05) is 37.2 Å². The van der Waals surface area contributed by atoms with Gasteiger partial charge in [0.05, 0.1) is 12.3 Å². The van der Waals surface area contributed by atoms with Gasteiger partial charge in [-0.1, -0.05) is 108 Å². The van der Waals surface area contributed by atoms with E-state index in [1.807, 2.05) is 18.2 Å². The van der Waals surface area contributed by atoms with Crippen molar-refractivity contribution in [1.29, 1.82) is 0 Å². The summed E-state index contributed by atoms with van der Waals surface area (Å²) in [6.45, 7) is 14.8. The van der Waals surface area contributed by atoms with Crippen molar-refractivity contribution in [3.63, 3.8) is 0 Å². The van der Waals surface area contributed by atoms with Crippen molar-refractivity contribution >= 4 is 17.7 Å². The molecule has 2 aromatic carbocycles. The Labute approximate surface area is 356 Å². The van der Waals surface area contributed by atoms with E-state index in [9.17, 15) is 9.59 Å². The number of rotatable bonds is 16. The Bertz CT molecular complexity index is 1860. The highest BCUT2D eigenvalue weighted by Gasteiger charge is 2.59. The maximum absolute atomic E-state index is 13.2. The van der Waals surface area contributed by atoms with Crippen LogP contribution < -0.4 is 16.0 Å². The van der Waals surface area contributed by atoms with E-state index in [0.29, 0.717) is 31.4 Å². The van der Waals surface area contributed by atoms with Crippen LogP contribution in [0.5, 0.6) is 0 Å². The van der Waals surface area contributed by atoms with Crippen LogP contribution in [0.15, 0.2) is 60.2 Å². The lowest BCUT2D eigenvalue weighted by atomic mass is 9.47. The lowest BCUT2D eigenvalue weighted by molar-refractivity contribution is -0.153. The van der Waals surface area contributed by atoms with Gasteiger partial charge in [-0.2, -0.15) is 0 Å². The Hall–Kier alpha value is -3.76. The number of carbonyl (C=O) groups excluding carboxylic acids is 2. The van der Waals surface area contributed by atoms with Crippen LogP contribution in [0.25, 0.3) is 0 Å². The first-order valence-corrected chi connectivity index (χ1v) is 23.5. The zero-order valence-corrected chi connectivity index (χ0v) is 36.9. The third kappa shape index (κ3) is 9.91. The topological polar surface area (TPSA) is 93.9 Å². The van der Waals surface area contributed by atoms with Crippen LogP contribution in [0.1, 0.15) is 148 Å². The average molecular weight is 804 g/mol. The number of hydrogen-bond acceptors (Lipinski definition) is 6. The van der Waals surface area contributed by atoms with Gasteiger partial charge in [-0.3, -0.25) is 4.79 Å². The van der Waals surface area contributed by atoms with Crippen molar-refractivity contribution < 1.29 is 19.1 Å². The number of nitrogens with two attached hydrogens (primary N) is 1. The molecule has 4 aliphatic carbocycles. The van der Waals surface area contributed by atoms with Crippen LogP contribution >= 0.6 is 0 Å². The van der Waals surface area contributed by atoms with E-state index in [1.165, 1.54) is 62.5 Å². The number of carbonyl (C=O) groups is 2. The summed E-state index contributed by atoms with van der Waals surface area (Å²) >= 11 is 0. The van der Waals surface area contributed by atoms with Crippen molar-refractivity contribution in [1.82, 2.24) is 5.32 Å². The first kappa shape index (κ1) is 43.3. The third-order valence-electron chi connectivity index (χ3n) is 15.8. The van der Waals surface area contributed by atoms with Crippen LogP contribution in [-0.4, -0.2) is 43.9 Å². The van der Waals surface area contributed by atoms with Gasteiger partial charge < -0.3 is 25.4 Å². The second-order valence-electron chi connectivity index (χ2n) is 20.0. The van der Waals surface area contributed by atoms with Gasteiger partial charge in [0.2, 0.25) is 0 Å². The summed E-state index contributed by atoms with van der Waals surface area (Å²) in [6.07, 6.45) is 18.5.